The summed E-state index contributed by atoms with van der Waals surface area (Å²) < 4.78 is 43.8. The van der Waals surface area contributed by atoms with Gasteiger partial charge in [0.1, 0.15) is 5.82 Å². The number of carbonyl (C=O) groups excluding carboxylic acids is 3. The number of sulfonamides is 1. The van der Waals surface area contributed by atoms with Gasteiger partial charge < -0.3 is 10.5 Å². The van der Waals surface area contributed by atoms with Crippen LogP contribution >= 0.6 is 11.6 Å². The first-order valence-electron chi connectivity index (χ1n) is 6.77. The van der Waals surface area contributed by atoms with E-state index in [1.54, 1.807) is 5.32 Å². The van der Waals surface area contributed by atoms with Crippen LogP contribution in [0.15, 0.2) is 23.1 Å². The van der Waals surface area contributed by atoms with Crippen LogP contribution < -0.4 is 15.8 Å². The minimum Gasteiger partial charge on any atom is -0.452 e. The van der Waals surface area contributed by atoms with Gasteiger partial charge in [0.05, 0.1) is 16.3 Å². The number of urea groups is 1. The Balaban J connectivity index is 2.52. The van der Waals surface area contributed by atoms with Crippen LogP contribution in [0, 0.1) is 5.82 Å². The Labute approximate surface area is 147 Å². The molecular formula is C13H15ClFN3O6S. The third-order valence-electron chi connectivity index (χ3n) is 2.75. The second-order valence-electron chi connectivity index (χ2n) is 4.71. The summed E-state index contributed by atoms with van der Waals surface area (Å²) in [6, 6.07) is 1.73. The maximum atomic E-state index is 13.0. The van der Waals surface area contributed by atoms with Crippen LogP contribution in [0.25, 0.3) is 0 Å². The number of carbonyl (C=O) groups is 3. The van der Waals surface area contributed by atoms with Gasteiger partial charge in [-0.05, 0) is 25.1 Å². The number of hydrogen-bond donors (Lipinski definition) is 3. The fourth-order valence-electron chi connectivity index (χ4n) is 1.55. The number of imide groups is 1. The Bertz CT molecular complexity index is 786. The lowest BCUT2D eigenvalue weighted by Gasteiger charge is -2.12. The predicted octanol–water partition coefficient (Wildman–Crippen LogP) is 0.274. The van der Waals surface area contributed by atoms with Crippen molar-refractivity contribution < 1.29 is 31.9 Å². The number of primary amides is 1. The standard InChI is InChI=1S/C13H15ClFN3O6S/c1-7(12(20)18-13(16)21)24-11(19)4-5-17-25(22,23)8-2-3-10(15)9(14)6-8/h2-3,6-7,17H,4-5H2,1H3,(H3,16,18,20,21). The summed E-state index contributed by atoms with van der Waals surface area (Å²) in [5, 5.41) is 1.36. The molecule has 25 heavy (non-hydrogen) atoms. The van der Waals surface area contributed by atoms with Gasteiger partial charge in [0.2, 0.25) is 10.0 Å². The third-order valence-corrected chi connectivity index (χ3v) is 4.49. The molecule has 4 N–H and O–H groups in total. The van der Waals surface area contributed by atoms with E-state index in [9.17, 15) is 27.2 Å². The number of rotatable bonds is 7. The highest BCUT2D eigenvalue weighted by molar-refractivity contribution is 7.89. The van der Waals surface area contributed by atoms with Crippen molar-refractivity contribution in [1.29, 1.82) is 0 Å². The van der Waals surface area contributed by atoms with Crippen molar-refractivity contribution in [2.45, 2.75) is 24.3 Å². The molecule has 138 valence electrons. The quantitative estimate of drug-likeness (QED) is 0.565. The zero-order valence-electron chi connectivity index (χ0n) is 12.9. The number of esters is 1. The number of amides is 3. The Kier molecular flexibility index (Phi) is 7.27. The average molecular weight is 396 g/mol. The molecule has 0 fully saturated rings. The maximum absolute atomic E-state index is 13.0. The molecule has 1 aromatic rings. The molecule has 0 saturated heterocycles. The SMILES string of the molecule is CC(OC(=O)CCNS(=O)(=O)c1ccc(F)c(Cl)c1)C(=O)NC(N)=O. The zero-order valence-corrected chi connectivity index (χ0v) is 14.5. The van der Waals surface area contributed by atoms with Crippen LogP contribution in [0.4, 0.5) is 9.18 Å². The van der Waals surface area contributed by atoms with Gasteiger partial charge in [-0.25, -0.2) is 22.3 Å². The van der Waals surface area contributed by atoms with E-state index >= 15 is 0 Å². The van der Waals surface area contributed by atoms with E-state index in [-0.39, 0.29) is 22.9 Å². The van der Waals surface area contributed by atoms with Crippen LogP contribution in [-0.2, 0) is 24.3 Å². The first kappa shape index (κ1) is 20.8. The van der Waals surface area contributed by atoms with Gasteiger partial charge in [-0.2, -0.15) is 0 Å². The van der Waals surface area contributed by atoms with Gasteiger partial charge in [0.15, 0.2) is 6.10 Å². The Hall–Kier alpha value is -2.24. The minimum atomic E-state index is -4.01. The number of ether oxygens (including phenoxy) is 1. The van der Waals surface area contributed by atoms with Gasteiger partial charge >= 0.3 is 12.0 Å². The molecule has 0 aliphatic carbocycles. The zero-order chi connectivity index (χ0) is 19.2. The number of nitrogens with one attached hydrogen (secondary N) is 2. The maximum Gasteiger partial charge on any atom is 0.318 e. The molecule has 1 atom stereocenters. The van der Waals surface area contributed by atoms with Crippen LogP contribution in [0.1, 0.15) is 13.3 Å². The molecule has 0 heterocycles. The number of halogens is 2. The lowest BCUT2D eigenvalue weighted by molar-refractivity contribution is -0.154. The minimum absolute atomic E-state index is 0.276. The summed E-state index contributed by atoms with van der Waals surface area (Å²) in [5.41, 5.74) is 4.74. The second-order valence-corrected chi connectivity index (χ2v) is 6.88. The number of benzene rings is 1. The fourth-order valence-corrected chi connectivity index (χ4v) is 2.85. The van der Waals surface area contributed by atoms with Gasteiger partial charge in [-0.1, -0.05) is 11.6 Å². The normalized spacial score (nSPS) is 12.3. The molecule has 0 bridgehead atoms. The molecule has 9 nitrogen and oxygen atoms in total. The molecule has 1 unspecified atom stereocenters. The van der Waals surface area contributed by atoms with E-state index in [0.717, 1.165) is 18.2 Å². The molecule has 1 aromatic carbocycles. The molecule has 12 heteroatoms. The number of nitrogens with two attached hydrogens (primary N) is 1. The van der Waals surface area contributed by atoms with E-state index in [1.165, 1.54) is 6.92 Å². The van der Waals surface area contributed by atoms with Crippen molar-refractivity contribution >= 4 is 39.5 Å². The largest absolute Gasteiger partial charge is 0.452 e. The van der Waals surface area contributed by atoms with Crippen molar-refractivity contribution in [3.05, 3.63) is 29.0 Å². The van der Waals surface area contributed by atoms with Crippen molar-refractivity contribution in [2.75, 3.05) is 6.54 Å². The molecular weight excluding hydrogens is 381 g/mol. The fraction of sp³-hybridized carbons (Fsp3) is 0.308. The second kappa shape index (κ2) is 8.74. The van der Waals surface area contributed by atoms with Crippen molar-refractivity contribution in [3.63, 3.8) is 0 Å². The molecule has 0 aliphatic heterocycles. The molecule has 0 aliphatic rings. The molecule has 3 amide bonds. The van der Waals surface area contributed by atoms with E-state index in [2.05, 4.69) is 4.72 Å². The average Bonchev–Trinajstić information content (AvgIpc) is 2.48. The Morgan fingerprint density at radius 3 is 2.56 bits per heavy atom. The summed E-state index contributed by atoms with van der Waals surface area (Å²) >= 11 is 5.52. The first-order valence-corrected chi connectivity index (χ1v) is 8.63. The highest BCUT2D eigenvalue weighted by Gasteiger charge is 2.20. The first-order chi connectivity index (χ1) is 11.5. The summed E-state index contributed by atoms with van der Waals surface area (Å²) in [6.07, 6.45) is -1.67. The van der Waals surface area contributed by atoms with E-state index in [1.807, 2.05) is 0 Å². The molecule has 0 radical (unpaired) electrons. The van der Waals surface area contributed by atoms with Crippen LogP contribution in [0.3, 0.4) is 0 Å². The highest BCUT2D eigenvalue weighted by Crippen LogP contribution is 2.19. The monoisotopic (exact) mass is 395 g/mol. The topological polar surface area (TPSA) is 145 Å². The smallest absolute Gasteiger partial charge is 0.318 e. The molecule has 0 spiro atoms. The van der Waals surface area contributed by atoms with E-state index in [0.29, 0.717) is 0 Å². The highest BCUT2D eigenvalue weighted by atomic mass is 35.5. The van der Waals surface area contributed by atoms with E-state index in [4.69, 9.17) is 22.1 Å². The van der Waals surface area contributed by atoms with Gasteiger partial charge in [0.25, 0.3) is 5.91 Å². The summed E-state index contributed by atoms with van der Waals surface area (Å²) in [7, 11) is -4.01. The van der Waals surface area contributed by atoms with E-state index < -0.39 is 39.9 Å². The van der Waals surface area contributed by atoms with Gasteiger partial charge in [-0.15, -0.1) is 0 Å². The van der Waals surface area contributed by atoms with Crippen molar-refractivity contribution in [2.24, 2.45) is 5.73 Å². The van der Waals surface area contributed by atoms with Crippen LogP contribution in [0.2, 0.25) is 5.02 Å². The lowest BCUT2D eigenvalue weighted by atomic mass is 10.3. The third kappa shape index (κ3) is 6.64. The van der Waals surface area contributed by atoms with Gasteiger partial charge in [0, 0.05) is 6.54 Å². The van der Waals surface area contributed by atoms with Crippen molar-refractivity contribution in [1.82, 2.24) is 10.0 Å². The lowest BCUT2D eigenvalue weighted by Crippen LogP contribution is -2.42. The summed E-state index contributed by atoms with van der Waals surface area (Å²) in [6.45, 7) is 0.876. The van der Waals surface area contributed by atoms with Crippen molar-refractivity contribution in [3.8, 4) is 0 Å². The molecule has 0 aromatic heterocycles. The molecule has 1 rings (SSSR count). The van der Waals surface area contributed by atoms with Crippen LogP contribution in [0.5, 0.6) is 0 Å². The predicted molar refractivity (Wildman–Crippen MR) is 84.5 cm³/mol. The number of hydrogen-bond acceptors (Lipinski definition) is 6. The van der Waals surface area contributed by atoms with Crippen LogP contribution in [-0.4, -0.2) is 39.0 Å². The Morgan fingerprint density at radius 1 is 1.36 bits per heavy atom. The summed E-state index contributed by atoms with van der Waals surface area (Å²) in [4.78, 5) is 33.1. The Morgan fingerprint density at radius 2 is 2.00 bits per heavy atom. The van der Waals surface area contributed by atoms with Gasteiger partial charge in [-0.3, -0.25) is 14.9 Å². The molecule has 0 saturated carbocycles. The summed E-state index contributed by atoms with van der Waals surface area (Å²) in [5.74, 6) is -2.57.